The number of fused-ring (bicyclic) bond motifs is 1. The number of aromatic nitrogens is 1. The normalized spacial score (nSPS) is 28.2. The van der Waals surface area contributed by atoms with Crippen LogP contribution in [0, 0.1) is 18.8 Å². The van der Waals surface area contributed by atoms with Crippen LogP contribution in [-0.4, -0.2) is 42.0 Å². The average Bonchev–Trinajstić information content (AvgIpc) is 2.95. The minimum absolute atomic E-state index is 0.168. The molecule has 2 unspecified atom stereocenters. The highest BCUT2D eigenvalue weighted by molar-refractivity contribution is 7.13. The molecule has 2 fully saturated rings. The summed E-state index contributed by atoms with van der Waals surface area (Å²) in [7, 11) is 0. The van der Waals surface area contributed by atoms with Gasteiger partial charge in [0.05, 0.1) is 11.2 Å². The molecule has 3 rings (SSSR count). The number of piperidine rings is 1. The van der Waals surface area contributed by atoms with Crippen molar-refractivity contribution in [3.63, 3.8) is 0 Å². The molecule has 92 valence electrons. The zero-order chi connectivity index (χ0) is 11.8. The lowest BCUT2D eigenvalue weighted by molar-refractivity contribution is 0.0647. The van der Waals surface area contributed by atoms with Crippen molar-refractivity contribution in [2.75, 3.05) is 26.2 Å². The molecule has 2 aliphatic heterocycles. The second-order valence-corrected chi connectivity index (χ2v) is 6.20. The van der Waals surface area contributed by atoms with E-state index >= 15 is 0 Å². The number of nitrogens with one attached hydrogen (secondary N) is 1. The Bertz CT molecular complexity index is 431. The van der Waals surface area contributed by atoms with E-state index in [0.29, 0.717) is 5.92 Å². The standard InChI is InChI=1S/C12H17N3OS/c1-8-14-6-11(17-8)12(16)15-3-2-9-4-13-5-10(9)7-15/h6,9-10,13H,2-5,7H2,1H3. The maximum absolute atomic E-state index is 12.3. The predicted molar refractivity (Wildman–Crippen MR) is 67.2 cm³/mol. The summed E-state index contributed by atoms with van der Waals surface area (Å²) in [6.45, 7) is 5.95. The van der Waals surface area contributed by atoms with E-state index in [1.165, 1.54) is 11.3 Å². The number of amides is 1. The van der Waals surface area contributed by atoms with Crippen LogP contribution in [0.2, 0.25) is 0 Å². The van der Waals surface area contributed by atoms with Crippen LogP contribution >= 0.6 is 11.3 Å². The van der Waals surface area contributed by atoms with Crippen molar-refractivity contribution >= 4 is 17.2 Å². The molecule has 1 amide bonds. The van der Waals surface area contributed by atoms with Gasteiger partial charge >= 0.3 is 0 Å². The molecule has 0 saturated carbocycles. The molecule has 1 N–H and O–H groups in total. The van der Waals surface area contributed by atoms with Crippen LogP contribution in [0.1, 0.15) is 21.1 Å². The second-order valence-electron chi connectivity index (χ2n) is 4.96. The van der Waals surface area contributed by atoms with E-state index in [2.05, 4.69) is 10.3 Å². The average molecular weight is 251 g/mol. The Hall–Kier alpha value is -0.940. The summed E-state index contributed by atoms with van der Waals surface area (Å²) < 4.78 is 0. The summed E-state index contributed by atoms with van der Waals surface area (Å²) >= 11 is 1.50. The predicted octanol–water partition coefficient (Wildman–Crippen LogP) is 1.13. The van der Waals surface area contributed by atoms with Gasteiger partial charge in [0.2, 0.25) is 0 Å². The molecule has 2 atom stereocenters. The topological polar surface area (TPSA) is 45.2 Å². The Kier molecular flexibility index (Phi) is 2.88. The van der Waals surface area contributed by atoms with Crippen LogP contribution in [0.15, 0.2) is 6.20 Å². The first kappa shape index (κ1) is 11.2. The fourth-order valence-electron chi connectivity index (χ4n) is 2.84. The van der Waals surface area contributed by atoms with E-state index < -0.39 is 0 Å². The summed E-state index contributed by atoms with van der Waals surface area (Å²) in [6.07, 6.45) is 2.85. The highest BCUT2D eigenvalue weighted by Gasteiger charge is 2.34. The van der Waals surface area contributed by atoms with Crippen LogP contribution in [0.4, 0.5) is 0 Å². The zero-order valence-electron chi connectivity index (χ0n) is 9.98. The van der Waals surface area contributed by atoms with E-state index in [4.69, 9.17) is 0 Å². The third-order valence-electron chi connectivity index (χ3n) is 3.82. The third-order valence-corrected chi connectivity index (χ3v) is 4.72. The number of thiazole rings is 1. The number of likely N-dealkylation sites (tertiary alicyclic amines) is 1. The molecule has 0 aromatic carbocycles. The van der Waals surface area contributed by atoms with Crippen molar-refractivity contribution < 1.29 is 4.79 Å². The van der Waals surface area contributed by atoms with Gasteiger partial charge in [-0.15, -0.1) is 11.3 Å². The van der Waals surface area contributed by atoms with Gasteiger partial charge < -0.3 is 10.2 Å². The van der Waals surface area contributed by atoms with Crippen molar-refractivity contribution in [1.29, 1.82) is 0 Å². The molecule has 0 bridgehead atoms. The van der Waals surface area contributed by atoms with Gasteiger partial charge in [-0.3, -0.25) is 4.79 Å². The lowest BCUT2D eigenvalue weighted by Gasteiger charge is -2.34. The smallest absolute Gasteiger partial charge is 0.265 e. The van der Waals surface area contributed by atoms with Crippen molar-refractivity contribution in [1.82, 2.24) is 15.2 Å². The van der Waals surface area contributed by atoms with Crippen molar-refractivity contribution in [3.8, 4) is 0 Å². The number of carbonyl (C=O) groups excluding carboxylic acids is 1. The largest absolute Gasteiger partial charge is 0.338 e. The third kappa shape index (κ3) is 2.09. The molecule has 2 saturated heterocycles. The summed E-state index contributed by atoms with van der Waals surface area (Å²) in [4.78, 5) is 19.2. The lowest BCUT2D eigenvalue weighted by atomic mass is 9.88. The van der Waals surface area contributed by atoms with Gasteiger partial charge in [-0.25, -0.2) is 4.98 Å². The molecule has 5 heteroatoms. The van der Waals surface area contributed by atoms with Crippen LogP contribution in [0.3, 0.4) is 0 Å². The number of nitrogens with zero attached hydrogens (tertiary/aromatic N) is 2. The molecule has 4 nitrogen and oxygen atoms in total. The van der Waals surface area contributed by atoms with Crippen LogP contribution in [-0.2, 0) is 0 Å². The number of hydrogen-bond donors (Lipinski definition) is 1. The minimum atomic E-state index is 0.168. The summed E-state index contributed by atoms with van der Waals surface area (Å²) in [5, 5.41) is 4.38. The van der Waals surface area contributed by atoms with Crippen molar-refractivity contribution in [3.05, 3.63) is 16.1 Å². The summed E-state index contributed by atoms with van der Waals surface area (Å²) in [5.74, 6) is 1.60. The summed E-state index contributed by atoms with van der Waals surface area (Å²) in [6, 6.07) is 0. The molecular weight excluding hydrogens is 234 g/mol. The van der Waals surface area contributed by atoms with E-state index in [-0.39, 0.29) is 5.91 Å². The van der Waals surface area contributed by atoms with Gasteiger partial charge in [0.25, 0.3) is 5.91 Å². The Morgan fingerprint density at radius 1 is 1.53 bits per heavy atom. The molecule has 1 aromatic heterocycles. The fourth-order valence-corrected chi connectivity index (χ4v) is 3.58. The van der Waals surface area contributed by atoms with Crippen LogP contribution < -0.4 is 5.32 Å². The van der Waals surface area contributed by atoms with E-state index in [9.17, 15) is 4.79 Å². The monoisotopic (exact) mass is 251 g/mol. The first-order chi connectivity index (χ1) is 8.24. The van der Waals surface area contributed by atoms with E-state index in [1.807, 2.05) is 11.8 Å². The lowest BCUT2D eigenvalue weighted by Crippen LogP contribution is -2.43. The number of rotatable bonds is 1. The van der Waals surface area contributed by atoms with Crippen LogP contribution in [0.5, 0.6) is 0 Å². The molecular formula is C12H17N3OS. The van der Waals surface area contributed by atoms with Gasteiger partial charge in [-0.05, 0) is 38.3 Å². The van der Waals surface area contributed by atoms with Gasteiger partial charge in [0.1, 0.15) is 4.88 Å². The number of hydrogen-bond acceptors (Lipinski definition) is 4. The Morgan fingerprint density at radius 2 is 2.35 bits per heavy atom. The molecule has 2 aliphatic rings. The van der Waals surface area contributed by atoms with Crippen molar-refractivity contribution in [2.24, 2.45) is 11.8 Å². The summed E-state index contributed by atoms with van der Waals surface area (Å²) in [5.41, 5.74) is 0. The maximum atomic E-state index is 12.3. The molecule has 0 radical (unpaired) electrons. The molecule has 3 heterocycles. The van der Waals surface area contributed by atoms with Crippen LogP contribution in [0.25, 0.3) is 0 Å². The van der Waals surface area contributed by atoms with Gasteiger partial charge in [0, 0.05) is 13.1 Å². The quantitative estimate of drug-likeness (QED) is 0.814. The molecule has 0 spiro atoms. The fraction of sp³-hybridized carbons (Fsp3) is 0.667. The Balaban J connectivity index is 1.70. The SMILES string of the molecule is Cc1ncc(C(=O)N2CCC3CNCC3C2)s1. The first-order valence-corrected chi connectivity index (χ1v) is 6.98. The van der Waals surface area contributed by atoms with Crippen molar-refractivity contribution in [2.45, 2.75) is 13.3 Å². The van der Waals surface area contributed by atoms with E-state index in [0.717, 1.165) is 48.4 Å². The van der Waals surface area contributed by atoms with Gasteiger partial charge in [-0.2, -0.15) is 0 Å². The Morgan fingerprint density at radius 3 is 3.12 bits per heavy atom. The maximum Gasteiger partial charge on any atom is 0.265 e. The van der Waals surface area contributed by atoms with Gasteiger partial charge in [0.15, 0.2) is 0 Å². The Labute approximate surface area is 105 Å². The first-order valence-electron chi connectivity index (χ1n) is 6.16. The molecule has 0 aliphatic carbocycles. The molecule has 17 heavy (non-hydrogen) atoms. The van der Waals surface area contributed by atoms with Gasteiger partial charge in [-0.1, -0.05) is 0 Å². The minimum Gasteiger partial charge on any atom is -0.338 e. The molecule has 1 aromatic rings. The van der Waals surface area contributed by atoms with E-state index in [1.54, 1.807) is 6.20 Å². The highest BCUT2D eigenvalue weighted by atomic mass is 32.1. The highest BCUT2D eigenvalue weighted by Crippen LogP contribution is 2.28. The number of carbonyl (C=O) groups is 1. The zero-order valence-corrected chi connectivity index (χ0v) is 10.8. The number of aryl methyl sites for hydroxylation is 1. The second kappa shape index (κ2) is 4.38.